The molecule has 41 heavy (non-hydrogen) atoms. The maximum Gasteiger partial charge on any atom is 0.231 e. The number of benzene rings is 2. The summed E-state index contributed by atoms with van der Waals surface area (Å²) >= 11 is 0. The van der Waals surface area contributed by atoms with E-state index in [1.165, 1.54) is 23.5 Å². The molecule has 0 aliphatic heterocycles. The van der Waals surface area contributed by atoms with Crippen LogP contribution in [0.25, 0.3) is 17.2 Å². The van der Waals surface area contributed by atoms with E-state index in [1.807, 2.05) is 48.5 Å². The number of halogens is 1. The maximum atomic E-state index is 13.6. The molecule has 0 aliphatic carbocycles. The number of aliphatic hydroxyl groups is 2. The van der Waals surface area contributed by atoms with E-state index >= 15 is 0 Å². The number of aliphatic hydroxyl groups excluding tert-OH is 2. The lowest BCUT2D eigenvalue weighted by Crippen LogP contribution is -2.29. The molecule has 2 aromatic rings. The number of nitrogens with zero attached hydrogens (tertiary/aromatic N) is 1. The number of nitrogens with one attached hydrogen (secondary N) is 1. The molecule has 0 heterocycles. The highest BCUT2D eigenvalue weighted by Crippen LogP contribution is 2.36. The highest BCUT2D eigenvalue weighted by Gasteiger charge is 2.20. The number of amides is 1. The second-order valence-electron chi connectivity index (χ2n) is 9.61. The second kappa shape index (κ2) is 19.4. The van der Waals surface area contributed by atoms with Gasteiger partial charge in [-0.25, -0.2) is 12.8 Å². The van der Waals surface area contributed by atoms with Gasteiger partial charge in [-0.05, 0) is 58.9 Å². The van der Waals surface area contributed by atoms with Crippen LogP contribution in [0, 0.1) is 5.82 Å². The topological polar surface area (TPSA) is 107 Å². The number of hydrogen-bond acceptors (Lipinski definition) is 5. The SMILES string of the molecule is CC.CC.CCCCNC(=O)CC(O)CC(O)/C=C/c1c(-c2ccc(F)cc2)cc(N(C)S(C)(=O)=O)cc1C(C)C. The molecule has 0 saturated carbocycles. The van der Waals surface area contributed by atoms with Gasteiger partial charge >= 0.3 is 0 Å². The molecule has 0 saturated heterocycles. The van der Waals surface area contributed by atoms with Crippen LogP contribution in [0.15, 0.2) is 42.5 Å². The van der Waals surface area contributed by atoms with Crippen LogP contribution >= 0.6 is 0 Å². The Balaban J connectivity index is 0.00000382. The third-order valence-corrected chi connectivity index (χ3v) is 7.31. The van der Waals surface area contributed by atoms with Gasteiger partial charge in [-0.3, -0.25) is 9.10 Å². The average molecular weight is 595 g/mol. The van der Waals surface area contributed by atoms with Crippen LogP contribution in [-0.2, 0) is 14.8 Å². The highest BCUT2D eigenvalue weighted by atomic mass is 32.2. The van der Waals surface area contributed by atoms with E-state index in [1.54, 1.807) is 36.4 Å². The molecule has 7 nitrogen and oxygen atoms in total. The van der Waals surface area contributed by atoms with E-state index in [4.69, 9.17) is 0 Å². The minimum absolute atomic E-state index is 0.00121. The fraction of sp³-hybridized carbons (Fsp3) is 0.531. The summed E-state index contributed by atoms with van der Waals surface area (Å²) in [5, 5.41) is 23.6. The van der Waals surface area contributed by atoms with E-state index in [-0.39, 0.29) is 24.7 Å². The van der Waals surface area contributed by atoms with Crippen molar-refractivity contribution in [2.45, 2.75) is 92.3 Å². The lowest BCUT2D eigenvalue weighted by molar-refractivity contribution is -0.123. The highest BCUT2D eigenvalue weighted by molar-refractivity contribution is 7.92. The summed E-state index contributed by atoms with van der Waals surface area (Å²) in [5.74, 6) is -0.651. The average Bonchev–Trinajstić information content (AvgIpc) is 2.93. The van der Waals surface area contributed by atoms with Crippen molar-refractivity contribution in [3.8, 4) is 11.1 Å². The van der Waals surface area contributed by atoms with Gasteiger partial charge < -0.3 is 15.5 Å². The van der Waals surface area contributed by atoms with Gasteiger partial charge in [0.25, 0.3) is 0 Å². The van der Waals surface area contributed by atoms with Gasteiger partial charge in [0.15, 0.2) is 0 Å². The molecule has 2 rings (SSSR count). The molecule has 232 valence electrons. The number of hydrogen-bond donors (Lipinski definition) is 3. The van der Waals surface area contributed by atoms with Crippen molar-refractivity contribution in [2.75, 3.05) is 24.2 Å². The summed E-state index contributed by atoms with van der Waals surface area (Å²) in [6, 6.07) is 9.42. The van der Waals surface area contributed by atoms with E-state index in [0.717, 1.165) is 30.2 Å². The fourth-order valence-electron chi connectivity index (χ4n) is 3.90. The Morgan fingerprint density at radius 1 is 1.07 bits per heavy atom. The molecule has 0 aromatic heterocycles. The van der Waals surface area contributed by atoms with Crippen LogP contribution in [0.1, 0.15) is 91.2 Å². The van der Waals surface area contributed by atoms with E-state index in [9.17, 15) is 27.8 Å². The summed E-state index contributed by atoms with van der Waals surface area (Å²) in [4.78, 5) is 11.9. The monoisotopic (exact) mass is 594 g/mol. The fourth-order valence-corrected chi connectivity index (χ4v) is 4.39. The van der Waals surface area contributed by atoms with Crippen LogP contribution in [-0.4, -0.2) is 56.6 Å². The summed E-state index contributed by atoms with van der Waals surface area (Å²) in [5.41, 5.74) is 3.42. The summed E-state index contributed by atoms with van der Waals surface area (Å²) in [6.45, 7) is 14.5. The van der Waals surface area contributed by atoms with E-state index in [2.05, 4.69) is 5.32 Å². The predicted octanol–water partition coefficient (Wildman–Crippen LogP) is 6.50. The minimum Gasteiger partial charge on any atom is -0.392 e. The number of rotatable bonds is 13. The summed E-state index contributed by atoms with van der Waals surface area (Å²) < 4.78 is 39.3. The molecule has 2 atom stereocenters. The molecule has 1 amide bonds. The third kappa shape index (κ3) is 13.2. The van der Waals surface area contributed by atoms with Crippen LogP contribution < -0.4 is 9.62 Å². The van der Waals surface area contributed by atoms with Crippen molar-refractivity contribution < 1.29 is 27.8 Å². The second-order valence-corrected chi connectivity index (χ2v) is 11.6. The number of sulfonamides is 1. The number of unbranched alkanes of at least 4 members (excludes halogenated alkanes) is 1. The molecule has 0 bridgehead atoms. The van der Waals surface area contributed by atoms with Crippen molar-refractivity contribution in [1.29, 1.82) is 0 Å². The first-order valence-corrected chi connectivity index (χ1v) is 16.4. The largest absolute Gasteiger partial charge is 0.392 e. The summed E-state index contributed by atoms with van der Waals surface area (Å²) in [6.07, 6.45) is 4.08. The zero-order valence-corrected chi connectivity index (χ0v) is 27.1. The lowest BCUT2D eigenvalue weighted by Gasteiger charge is -2.23. The molecule has 9 heteroatoms. The molecule has 2 aromatic carbocycles. The van der Waals surface area contributed by atoms with Gasteiger partial charge in [-0.15, -0.1) is 0 Å². The Morgan fingerprint density at radius 3 is 2.17 bits per heavy atom. The molecule has 0 spiro atoms. The Labute approximate surface area is 247 Å². The lowest BCUT2D eigenvalue weighted by atomic mass is 9.88. The zero-order valence-electron chi connectivity index (χ0n) is 26.2. The first-order valence-electron chi connectivity index (χ1n) is 14.5. The quantitative estimate of drug-likeness (QED) is 0.230. The van der Waals surface area contributed by atoms with Crippen molar-refractivity contribution in [3.63, 3.8) is 0 Å². The smallest absolute Gasteiger partial charge is 0.231 e. The third-order valence-electron chi connectivity index (χ3n) is 6.11. The number of carbonyl (C=O) groups is 1. The maximum absolute atomic E-state index is 13.6. The Bertz CT molecular complexity index is 1180. The zero-order chi connectivity index (χ0) is 31.8. The van der Waals surface area contributed by atoms with Gasteiger partial charge in [0.2, 0.25) is 15.9 Å². The predicted molar refractivity (Wildman–Crippen MR) is 170 cm³/mol. The molecule has 0 aliphatic rings. The summed E-state index contributed by atoms with van der Waals surface area (Å²) in [7, 11) is -2.04. The minimum atomic E-state index is -3.52. The normalized spacial score (nSPS) is 12.6. The molecule has 0 radical (unpaired) electrons. The van der Waals surface area contributed by atoms with Crippen molar-refractivity contribution in [3.05, 3.63) is 59.4 Å². The molecular weight excluding hydrogens is 543 g/mol. The molecule has 2 unspecified atom stereocenters. The van der Waals surface area contributed by atoms with Gasteiger partial charge in [-0.1, -0.05) is 79.2 Å². The standard InChI is InChI=1S/C28H39FN2O5S.2C2H6/c1-6-7-14-30-28(34)18-24(33)17-23(32)12-13-25-26(19(2)3)15-22(31(4)37(5,35)36)16-27(25)20-8-10-21(29)11-9-20;2*1-2/h8-13,15-16,19,23-24,32-33H,6-7,14,17-18H2,1-5H3,(H,30,34);2*1-2H3/b13-12+;;. The number of carbonyl (C=O) groups excluding carboxylic acids is 1. The first-order chi connectivity index (χ1) is 19.3. The van der Waals surface area contributed by atoms with E-state index < -0.39 is 28.0 Å². The molecule has 3 N–H and O–H groups in total. The van der Waals surface area contributed by atoms with Crippen molar-refractivity contribution >= 4 is 27.7 Å². The van der Waals surface area contributed by atoms with E-state index in [0.29, 0.717) is 23.4 Å². The van der Waals surface area contributed by atoms with Crippen molar-refractivity contribution in [2.24, 2.45) is 0 Å². The van der Waals surface area contributed by atoms with Crippen LogP contribution in [0.4, 0.5) is 10.1 Å². The Kier molecular flexibility index (Phi) is 18.1. The van der Waals surface area contributed by atoms with Crippen LogP contribution in [0.3, 0.4) is 0 Å². The number of anilines is 1. The molecule has 0 fully saturated rings. The van der Waals surface area contributed by atoms with Gasteiger partial charge in [-0.2, -0.15) is 0 Å². The van der Waals surface area contributed by atoms with Gasteiger partial charge in [0.05, 0.1) is 30.6 Å². The van der Waals surface area contributed by atoms with Gasteiger partial charge in [0.1, 0.15) is 5.82 Å². The van der Waals surface area contributed by atoms with Crippen LogP contribution in [0.2, 0.25) is 0 Å². The van der Waals surface area contributed by atoms with Gasteiger partial charge in [0, 0.05) is 20.0 Å². The Hall–Kier alpha value is -2.75. The Morgan fingerprint density at radius 2 is 1.66 bits per heavy atom. The van der Waals surface area contributed by atoms with Crippen molar-refractivity contribution in [1.82, 2.24) is 5.32 Å². The van der Waals surface area contributed by atoms with Crippen LogP contribution in [0.5, 0.6) is 0 Å². The first kappa shape index (κ1) is 38.2. The molecular formula is C32H51FN2O5S.